The van der Waals surface area contributed by atoms with Crippen LogP contribution in [0.1, 0.15) is 15.9 Å². The van der Waals surface area contributed by atoms with E-state index >= 15 is 0 Å². The van der Waals surface area contributed by atoms with Crippen molar-refractivity contribution in [3.63, 3.8) is 0 Å². The van der Waals surface area contributed by atoms with Crippen LogP contribution in [0.4, 0.5) is 0 Å². The second-order valence-corrected chi connectivity index (χ2v) is 7.23. The number of halogens is 2. The molecule has 0 N–H and O–H groups in total. The Morgan fingerprint density at radius 3 is 1.63 bits per heavy atom. The molecule has 0 unspecified atom stereocenters. The number of hydrogen-bond donors (Lipinski definition) is 0. The first-order valence-electron chi connectivity index (χ1n) is 9.20. The Balaban J connectivity index is 1.43. The average Bonchev–Trinajstić information content (AvgIpc) is 2.78. The monoisotopic (exact) mass is 434 g/mol. The van der Waals surface area contributed by atoms with Crippen LogP contribution >= 0.6 is 23.2 Å². The molecule has 0 aliphatic heterocycles. The minimum absolute atomic E-state index is 0.198. The van der Waals surface area contributed by atoms with Gasteiger partial charge in [0, 0.05) is 11.1 Å². The van der Waals surface area contributed by atoms with Crippen LogP contribution in [0.25, 0.3) is 0 Å². The summed E-state index contributed by atoms with van der Waals surface area (Å²) in [5.74, 6) is 2.56. The van der Waals surface area contributed by atoms with E-state index in [2.05, 4.69) is 0 Å². The molecule has 0 aliphatic rings. The smallest absolute Gasteiger partial charge is 0.194 e. The summed E-state index contributed by atoms with van der Waals surface area (Å²) in [6.07, 6.45) is 0. The number of carbonyl (C=O) groups excluding carboxylic acids is 1. The molecule has 5 heteroatoms. The molecule has 148 valence electrons. The lowest BCUT2D eigenvalue weighted by atomic mass is 10.0. The van der Waals surface area contributed by atoms with Crippen molar-refractivity contribution in [2.75, 3.05) is 0 Å². The Hall–Kier alpha value is -3.27. The molecule has 4 rings (SSSR count). The van der Waals surface area contributed by atoms with E-state index in [1.165, 1.54) is 0 Å². The Labute approximate surface area is 184 Å². The van der Waals surface area contributed by atoms with Crippen molar-refractivity contribution in [3.8, 4) is 23.0 Å². The van der Waals surface area contributed by atoms with E-state index in [-0.39, 0.29) is 10.8 Å². The Kier molecular flexibility index (Phi) is 6.03. The van der Waals surface area contributed by atoms with Gasteiger partial charge in [-0.1, -0.05) is 47.5 Å². The second-order valence-electron chi connectivity index (χ2n) is 6.44. The predicted molar refractivity (Wildman–Crippen MR) is 119 cm³/mol. The second kappa shape index (κ2) is 9.04. The van der Waals surface area contributed by atoms with Crippen LogP contribution in [-0.2, 0) is 0 Å². The lowest BCUT2D eigenvalue weighted by Crippen LogP contribution is -2.02. The first kappa shape index (κ1) is 20.0. The van der Waals surface area contributed by atoms with Crippen LogP contribution in [-0.4, -0.2) is 5.78 Å². The van der Waals surface area contributed by atoms with Gasteiger partial charge in [0.05, 0.1) is 10.0 Å². The molecule has 0 aromatic heterocycles. The lowest BCUT2D eigenvalue weighted by Gasteiger charge is -2.09. The van der Waals surface area contributed by atoms with Gasteiger partial charge in [-0.3, -0.25) is 4.79 Å². The highest BCUT2D eigenvalue weighted by Crippen LogP contribution is 2.29. The number of rotatable bonds is 6. The van der Waals surface area contributed by atoms with Gasteiger partial charge in [0.15, 0.2) is 5.78 Å². The fraction of sp³-hybridized carbons (Fsp3) is 0. The van der Waals surface area contributed by atoms with Crippen molar-refractivity contribution in [2.24, 2.45) is 0 Å². The van der Waals surface area contributed by atoms with Crippen LogP contribution in [0.2, 0.25) is 10.0 Å². The molecule has 0 aliphatic carbocycles. The van der Waals surface area contributed by atoms with Gasteiger partial charge in [-0.25, -0.2) is 0 Å². The maximum absolute atomic E-state index is 12.7. The Morgan fingerprint density at radius 2 is 1.07 bits per heavy atom. The maximum atomic E-state index is 12.7. The third-order valence-corrected chi connectivity index (χ3v) is 5.17. The molecule has 4 aromatic rings. The molecule has 0 atom stereocenters. The molecule has 0 saturated carbocycles. The Bertz CT molecular complexity index is 1160. The van der Waals surface area contributed by atoms with Crippen molar-refractivity contribution in [1.82, 2.24) is 0 Å². The van der Waals surface area contributed by atoms with Crippen molar-refractivity contribution >= 4 is 29.0 Å². The standard InChI is InChI=1S/C25H16Cl2O3/c26-23-8-4-7-22(24(23)27)25(28)17-9-11-19(12-10-17)30-21-15-13-20(14-16-21)29-18-5-2-1-3-6-18/h1-16H. The number of ether oxygens (including phenoxy) is 2. The molecule has 0 amide bonds. The van der Waals surface area contributed by atoms with E-state index in [0.29, 0.717) is 33.4 Å². The van der Waals surface area contributed by atoms with Crippen molar-refractivity contribution < 1.29 is 14.3 Å². The number of benzene rings is 4. The summed E-state index contributed by atoms with van der Waals surface area (Å²) in [5, 5.41) is 0.601. The minimum Gasteiger partial charge on any atom is -0.457 e. The third kappa shape index (κ3) is 4.65. The zero-order chi connectivity index (χ0) is 20.9. The van der Waals surface area contributed by atoms with Crippen molar-refractivity contribution in [2.45, 2.75) is 0 Å². The minimum atomic E-state index is -0.198. The molecule has 0 bridgehead atoms. The van der Waals surface area contributed by atoms with Gasteiger partial charge in [-0.05, 0) is 72.8 Å². The van der Waals surface area contributed by atoms with Gasteiger partial charge in [0.1, 0.15) is 23.0 Å². The fourth-order valence-electron chi connectivity index (χ4n) is 2.85. The lowest BCUT2D eigenvalue weighted by molar-refractivity contribution is 0.103. The zero-order valence-corrected chi connectivity index (χ0v) is 17.2. The highest BCUT2D eigenvalue weighted by Gasteiger charge is 2.14. The molecule has 0 fully saturated rings. The number of carbonyl (C=O) groups is 1. The van der Waals surface area contributed by atoms with E-state index in [9.17, 15) is 4.79 Å². The van der Waals surface area contributed by atoms with Crippen LogP contribution in [0, 0.1) is 0 Å². The molecule has 0 spiro atoms. The quantitative estimate of drug-likeness (QED) is 0.290. The van der Waals surface area contributed by atoms with Crippen LogP contribution in [0.3, 0.4) is 0 Å². The summed E-state index contributed by atoms with van der Waals surface area (Å²) in [4.78, 5) is 12.7. The first-order chi connectivity index (χ1) is 14.6. The molecular weight excluding hydrogens is 419 g/mol. The molecule has 30 heavy (non-hydrogen) atoms. The Morgan fingerprint density at radius 1 is 0.567 bits per heavy atom. The predicted octanol–water partition coefficient (Wildman–Crippen LogP) is 7.81. The highest BCUT2D eigenvalue weighted by atomic mass is 35.5. The molecule has 4 aromatic carbocycles. The van der Waals surface area contributed by atoms with Gasteiger partial charge in [0.25, 0.3) is 0 Å². The molecule has 0 saturated heterocycles. The fourth-order valence-corrected chi connectivity index (χ4v) is 3.23. The summed E-state index contributed by atoms with van der Waals surface area (Å²) in [7, 11) is 0. The number of ketones is 1. The third-order valence-electron chi connectivity index (χ3n) is 4.35. The van der Waals surface area contributed by atoms with Gasteiger partial charge >= 0.3 is 0 Å². The molecule has 0 heterocycles. The van der Waals surface area contributed by atoms with E-state index in [1.54, 1.807) is 42.5 Å². The van der Waals surface area contributed by atoms with Crippen LogP contribution in [0.15, 0.2) is 97.1 Å². The van der Waals surface area contributed by atoms with Crippen LogP contribution in [0.5, 0.6) is 23.0 Å². The maximum Gasteiger partial charge on any atom is 0.194 e. The molecule has 3 nitrogen and oxygen atoms in total. The zero-order valence-electron chi connectivity index (χ0n) is 15.7. The topological polar surface area (TPSA) is 35.5 Å². The highest BCUT2D eigenvalue weighted by molar-refractivity contribution is 6.44. The van der Waals surface area contributed by atoms with Crippen molar-refractivity contribution in [1.29, 1.82) is 0 Å². The van der Waals surface area contributed by atoms with Gasteiger partial charge in [-0.2, -0.15) is 0 Å². The van der Waals surface area contributed by atoms with Crippen LogP contribution < -0.4 is 9.47 Å². The summed E-state index contributed by atoms with van der Waals surface area (Å²) >= 11 is 12.2. The summed E-state index contributed by atoms with van der Waals surface area (Å²) in [5.41, 5.74) is 0.866. The van der Waals surface area contributed by atoms with E-state index in [1.807, 2.05) is 54.6 Å². The largest absolute Gasteiger partial charge is 0.457 e. The number of para-hydroxylation sites is 1. The van der Waals surface area contributed by atoms with E-state index in [4.69, 9.17) is 32.7 Å². The average molecular weight is 435 g/mol. The number of hydrogen-bond acceptors (Lipinski definition) is 3. The van der Waals surface area contributed by atoms with Crippen molar-refractivity contribution in [3.05, 3.63) is 118 Å². The summed E-state index contributed by atoms with van der Waals surface area (Å²) < 4.78 is 11.6. The summed E-state index contributed by atoms with van der Waals surface area (Å²) in [6.45, 7) is 0. The normalized spacial score (nSPS) is 10.5. The van der Waals surface area contributed by atoms with Gasteiger partial charge in [0.2, 0.25) is 0 Å². The SMILES string of the molecule is O=C(c1ccc(Oc2ccc(Oc3ccccc3)cc2)cc1)c1cccc(Cl)c1Cl. The van der Waals surface area contributed by atoms with Gasteiger partial charge < -0.3 is 9.47 Å². The molecule has 0 radical (unpaired) electrons. The first-order valence-corrected chi connectivity index (χ1v) is 9.95. The van der Waals surface area contributed by atoms with E-state index < -0.39 is 0 Å². The van der Waals surface area contributed by atoms with E-state index in [0.717, 1.165) is 5.75 Å². The summed E-state index contributed by atoms with van der Waals surface area (Å²) in [6, 6.07) is 28.7. The molecular formula is C25H16Cl2O3. The van der Waals surface area contributed by atoms with Gasteiger partial charge in [-0.15, -0.1) is 0 Å².